The zero-order valence-corrected chi connectivity index (χ0v) is 13.9. The van der Waals surface area contributed by atoms with Gasteiger partial charge in [-0.1, -0.05) is 29.8 Å². The highest BCUT2D eigenvalue weighted by atomic mass is 35.5. The lowest BCUT2D eigenvalue weighted by Crippen LogP contribution is -2.19. The van der Waals surface area contributed by atoms with Gasteiger partial charge < -0.3 is 14.8 Å². The maximum atomic E-state index is 12.1. The van der Waals surface area contributed by atoms with Crippen LogP contribution >= 0.6 is 23.4 Å². The average molecular weight is 359 g/mol. The van der Waals surface area contributed by atoms with E-state index in [2.05, 4.69) is 10.3 Å². The van der Waals surface area contributed by atoms with Gasteiger partial charge in [0.1, 0.15) is 0 Å². The van der Waals surface area contributed by atoms with Crippen molar-refractivity contribution in [3.8, 4) is 11.5 Å². The van der Waals surface area contributed by atoms with Gasteiger partial charge in [-0.15, -0.1) is 0 Å². The van der Waals surface area contributed by atoms with Crippen LogP contribution in [0.5, 0.6) is 11.5 Å². The van der Waals surface area contributed by atoms with E-state index in [-0.39, 0.29) is 12.7 Å². The zero-order valence-electron chi connectivity index (χ0n) is 12.3. The topological polar surface area (TPSA) is 59.9 Å². The van der Waals surface area contributed by atoms with E-state index in [1.165, 1.54) is 11.8 Å². The van der Waals surface area contributed by atoms with E-state index in [1.54, 1.807) is 18.2 Å². The minimum atomic E-state index is -0.191. The molecule has 120 valence electrons. The summed E-state index contributed by atoms with van der Waals surface area (Å²) in [6, 6.07) is 12.8. The van der Waals surface area contributed by atoms with Gasteiger partial charge in [0.15, 0.2) is 16.7 Å². The molecule has 1 amide bonds. The molecule has 2 aliphatic rings. The molecule has 1 N–H and O–H groups in total. The van der Waals surface area contributed by atoms with E-state index < -0.39 is 0 Å². The van der Waals surface area contributed by atoms with Crippen molar-refractivity contribution in [2.75, 3.05) is 6.79 Å². The van der Waals surface area contributed by atoms with Crippen LogP contribution in [0.4, 0.5) is 5.69 Å². The van der Waals surface area contributed by atoms with Gasteiger partial charge in [-0.2, -0.15) is 0 Å². The number of carbonyl (C=O) groups excluding carboxylic acids is 1. The first kappa shape index (κ1) is 15.1. The van der Waals surface area contributed by atoms with Crippen LogP contribution in [-0.4, -0.2) is 17.9 Å². The summed E-state index contributed by atoms with van der Waals surface area (Å²) in [4.78, 5) is 17.1. The van der Waals surface area contributed by atoms with Gasteiger partial charge in [0.25, 0.3) is 5.91 Å². The number of para-hydroxylation sites is 1. The van der Waals surface area contributed by atoms with Gasteiger partial charge in [0.2, 0.25) is 6.79 Å². The number of rotatable bonds is 2. The van der Waals surface area contributed by atoms with Crippen molar-refractivity contribution in [3.63, 3.8) is 0 Å². The number of amidine groups is 1. The highest BCUT2D eigenvalue weighted by Crippen LogP contribution is 2.35. The quantitative estimate of drug-likeness (QED) is 0.825. The molecule has 0 aliphatic carbocycles. The van der Waals surface area contributed by atoms with Crippen molar-refractivity contribution >= 4 is 46.2 Å². The first-order valence-corrected chi connectivity index (χ1v) is 8.32. The van der Waals surface area contributed by atoms with Crippen LogP contribution in [0.25, 0.3) is 6.08 Å². The molecule has 1 saturated heterocycles. The molecule has 2 aliphatic heterocycles. The summed E-state index contributed by atoms with van der Waals surface area (Å²) in [7, 11) is 0. The molecule has 5 nitrogen and oxygen atoms in total. The van der Waals surface area contributed by atoms with Gasteiger partial charge in [-0.05, 0) is 47.7 Å². The van der Waals surface area contributed by atoms with Crippen molar-refractivity contribution in [1.82, 2.24) is 5.32 Å². The first-order valence-electron chi connectivity index (χ1n) is 7.13. The Kier molecular flexibility index (Phi) is 3.92. The fourth-order valence-electron chi connectivity index (χ4n) is 2.29. The number of carbonyl (C=O) groups is 1. The van der Waals surface area contributed by atoms with Crippen molar-refractivity contribution in [3.05, 3.63) is 58.0 Å². The summed E-state index contributed by atoms with van der Waals surface area (Å²) in [5.41, 5.74) is 1.47. The predicted molar refractivity (Wildman–Crippen MR) is 94.8 cm³/mol. The van der Waals surface area contributed by atoms with Crippen molar-refractivity contribution in [2.24, 2.45) is 4.99 Å². The molecule has 0 bridgehead atoms. The second-order valence-corrected chi connectivity index (χ2v) is 6.48. The Morgan fingerprint density at radius 1 is 1.17 bits per heavy atom. The number of benzene rings is 2. The number of ether oxygens (including phenoxy) is 2. The Hall–Kier alpha value is -2.44. The van der Waals surface area contributed by atoms with Crippen LogP contribution in [0.3, 0.4) is 0 Å². The fourth-order valence-corrected chi connectivity index (χ4v) is 3.30. The molecule has 0 aromatic heterocycles. The van der Waals surface area contributed by atoms with Gasteiger partial charge in [0, 0.05) is 0 Å². The van der Waals surface area contributed by atoms with Crippen LogP contribution < -0.4 is 14.8 Å². The van der Waals surface area contributed by atoms with E-state index in [4.69, 9.17) is 21.1 Å². The molecule has 0 unspecified atom stereocenters. The lowest BCUT2D eigenvalue weighted by Gasteiger charge is -1.99. The monoisotopic (exact) mass is 358 g/mol. The maximum absolute atomic E-state index is 12.1. The largest absolute Gasteiger partial charge is 0.454 e. The number of halogens is 1. The Balaban J connectivity index is 1.59. The fraction of sp³-hybridized carbons (Fsp3) is 0.0588. The smallest absolute Gasteiger partial charge is 0.264 e. The summed E-state index contributed by atoms with van der Waals surface area (Å²) in [6.07, 6.45) is 1.79. The third-order valence-electron chi connectivity index (χ3n) is 3.42. The molecule has 4 rings (SSSR count). The highest BCUT2D eigenvalue weighted by Gasteiger charge is 2.24. The number of fused-ring (bicyclic) bond motifs is 1. The second-order valence-electron chi connectivity index (χ2n) is 5.05. The second kappa shape index (κ2) is 6.22. The minimum Gasteiger partial charge on any atom is -0.454 e. The lowest BCUT2D eigenvalue weighted by atomic mass is 10.2. The number of amides is 1. The van der Waals surface area contributed by atoms with E-state index in [0.29, 0.717) is 32.3 Å². The van der Waals surface area contributed by atoms with Gasteiger partial charge >= 0.3 is 0 Å². The van der Waals surface area contributed by atoms with Gasteiger partial charge in [-0.3, -0.25) is 4.79 Å². The number of hydrogen-bond acceptors (Lipinski definition) is 5. The Labute approximate surface area is 147 Å². The molecular formula is C17H11ClN2O3S. The maximum Gasteiger partial charge on any atom is 0.264 e. The normalized spacial score (nSPS) is 19.1. The number of nitrogens with one attached hydrogen (secondary N) is 1. The summed E-state index contributed by atoms with van der Waals surface area (Å²) < 4.78 is 10.6. The Morgan fingerprint density at radius 3 is 2.88 bits per heavy atom. The number of hydrogen-bond donors (Lipinski definition) is 1. The van der Waals surface area contributed by atoms with E-state index >= 15 is 0 Å². The summed E-state index contributed by atoms with van der Waals surface area (Å²) >= 11 is 7.36. The third kappa shape index (κ3) is 2.98. The molecule has 2 aromatic rings. The zero-order chi connectivity index (χ0) is 16.5. The Bertz CT molecular complexity index is 895. The standard InChI is InChI=1S/C17H11ClN2O3S/c18-11-3-1-2-4-12(11)19-17-20-16(21)15(24-17)8-10-5-6-13-14(7-10)23-9-22-13/h1-8H,9H2,(H,19,20,21)/b15-8-. The SMILES string of the molecule is O=C1N/C(=N/c2ccccc2Cl)S/C1=C\c1ccc2c(c1)OCO2. The molecule has 0 spiro atoms. The number of aliphatic imine (C=N–C) groups is 1. The highest BCUT2D eigenvalue weighted by molar-refractivity contribution is 8.18. The lowest BCUT2D eigenvalue weighted by molar-refractivity contribution is -0.115. The van der Waals surface area contributed by atoms with Crippen molar-refractivity contribution < 1.29 is 14.3 Å². The van der Waals surface area contributed by atoms with Crippen molar-refractivity contribution in [2.45, 2.75) is 0 Å². The van der Waals surface area contributed by atoms with Crippen LogP contribution in [0.15, 0.2) is 52.4 Å². The van der Waals surface area contributed by atoms with E-state index in [1.807, 2.05) is 30.3 Å². The molecule has 2 aromatic carbocycles. The van der Waals surface area contributed by atoms with E-state index in [0.717, 1.165) is 5.56 Å². The average Bonchev–Trinajstić information content (AvgIpc) is 3.16. The van der Waals surface area contributed by atoms with Crippen LogP contribution in [0.2, 0.25) is 5.02 Å². The van der Waals surface area contributed by atoms with Gasteiger partial charge in [-0.25, -0.2) is 4.99 Å². The molecule has 1 fully saturated rings. The number of nitrogens with zero attached hydrogens (tertiary/aromatic N) is 1. The van der Waals surface area contributed by atoms with Crippen molar-refractivity contribution in [1.29, 1.82) is 0 Å². The summed E-state index contributed by atoms with van der Waals surface area (Å²) in [5, 5.41) is 3.78. The first-order chi connectivity index (χ1) is 11.7. The van der Waals surface area contributed by atoms with Gasteiger partial charge in [0.05, 0.1) is 15.6 Å². The predicted octanol–water partition coefficient (Wildman–Crippen LogP) is 3.96. The van der Waals surface area contributed by atoms with Crippen LogP contribution in [0, 0.1) is 0 Å². The molecular weight excluding hydrogens is 348 g/mol. The number of thioether (sulfide) groups is 1. The minimum absolute atomic E-state index is 0.191. The van der Waals surface area contributed by atoms with Crippen LogP contribution in [-0.2, 0) is 4.79 Å². The Morgan fingerprint density at radius 2 is 2.00 bits per heavy atom. The molecule has 7 heteroatoms. The molecule has 2 heterocycles. The molecule has 24 heavy (non-hydrogen) atoms. The summed E-state index contributed by atoms with van der Waals surface area (Å²) in [6.45, 7) is 0.221. The summed E-state index contributed by atoms with van der Waals surface area (Å²) in [5.74, 6) is 1.20. The molecule has 0 radical (unpaired) electrons. The van der Waals surface area contributed by atoms with Crippen LogP contribution in [0.1, 0.15) is 5.56 Å². The molecule has 0 saturated carbocycles. The molecule has 0 atom stereocenters. The van der Waals surface area contributed by atoms with E-state index in [9.17, 15) is 4.79 Å². The third-order valence-corrected chi connectivity index (χ3v) is 4.65.